The normalized spacial score (nSPS) is 19.3. The van der Waals surface area contributed by atoms with E-state index in [1.54, 1.807) is 0 Å². The summed E-state index contributed by atoms with van der Waals surface area (Å²) in [6.07, 6.45) is -3.64. The van der Waals surface area contributed by atoms with Gasteiger partial charge in [0.25, 0.3) is 0 Å². The quantitative estimate of drug-likeness (QED) is 0.856. The lowest BCUT2D eigenvalue weighted by Gasteiger charge is -2.08. The average Bonchev–Trinajstić information content (AvgIpc) is 2.78. The molecule has 18 heavy (non-hydrogen) atoms. The molecule has 2 N–H and O–H groups in total. The highest BCUT2D eigenvalue weighted by Gasteiger charge is 2.40. The minimum Gasteiger partial charge on any atom is -0.478 e. The predicted molar refractivity (Wildman–Crippen MR) is 54.5 cm³/mol. The zero-order valence-corrected chi connectivity index (χ0v) is 8.86. The maximum absolute atomic E-state index is 12.3. The van der Waals surface area contributed by atoms with Gasteiger partial charge in [0.2, 0.25) is 5.76 Å². The largest absolute Gasteiger partial charge is 0.478 e. The molecule has 1 aliphatic heterocycles. The van der Waals surface area contributed by atoms with Gasteiger partial charge in [-0.15, -0.1) is 5.48 Å². The molecule has 2 rings (SSSR count). The van der Waals surface area contributed by atoms with Crippen molar-refractivity contribution in [2.45, 2.75) is 12.2 Å². The summed E-state index contributed by atoms with van der Waals surface area (Å²) in [4.78, 5) is 14.9. The monoisotopic (exact) mass is 259 g/mol. The van der Waals surface area contributed by atoms with Gasteiger partial charge in [0.1, 0.15) is 0 Å². The van der Waals surface area contributed by atoms with Gasteiger partial charge in [-0.05, 0) is 23.8 Å². The first kappa shape index (κ1) is 12.4. The molecule has 0 saturated heterocycles. The van der Waals surface area contributed by atoms with Crippen LogP contribution in [0.5, 0.6) is 0 Å². The molecule has 0 spiro atoms. The minimum atomic E-state index is -4.54. The van der Waals surface area contributed by atoms with E-state index in [2.05, 4.69) is 10.3 Å². The molecule has 0 radical (unpaired) electrons. The highest BCUT2D eigenvalue weighted by Crippen LogP contribution is 2.33. The summed E-state index contributed by atoms with van der Waals surface area (Å²) in [5.41, 5.74) is 2.77. The molecular weight excluding hydrogens is 251 g/mol. The molecule has 0 amide bonds. The number of carboxylic acids is 1. The molecule has 7 heteroatoms. The number of allylic oxidation sites excluding steroid dienone is 1. The number of hydrogen-bond donors (Lipinski definition) is 2. The van der Waals surface area contributed by atoms with E-state index in [4.69, 9.17) is 5.11 Å². The van der Waals surface area contributed by atoms with Crippen molar-refractivity contribution in [1.82, 2.24) is 5.48 Å². The van der Waals surface area contributed by atoms with E-state index in [9.17, 15) is 18.0 Å². The standard InChI is InChI=1S/C11H8F3NO3/c12-11(13,14)9-5-8(15-18-9)6-1-3-7(4-2-6)10(16)17/h1-5,8,15H,(H,16,17). The molecule has 1 heterocycles. The zero-order valence-electron chi connectivity index (χ0n) is 8.86. The molecule has 1 aromatic rings. The zero-order chi connectivity index (χ0) is 13.3. The number of carbonyl (C=O) groups is 1. The summed E-state index contributed by atoms with van der Waals surface area (Å²) in [5, 5.41) is 8.69. The van der Waals surface area contributed by atoms with Gasteiger partial charge in [-0.2, -0.15) is 13.2 Å². The summed E-state index contributed by atoms with van der Waals surface area (Å²) in [7, 11) is 0. The molecule has 1 atom stereocenters. The number of benzene rings is 1. The summed E-state index contributed by atoms with van der Waals surface area (Å²) in [6.45, 7) is 0. The number of hydroxylamine groups is 1. The first-order chi connectivity index (χ1) is 8.38. The molecule has 0 bridgehead atoms. The second-order valence-corrected chi connectivity index (χ2v) is 3.65. The van der Waals surface area contributed by atoms with Crippen molar-refractivity contribution in [1.29, 1.82) is 0 Å². The summed E-state index contributed by atoms with van der Waals surface area (Å²) < 4.78 is 36.9. The molecule has 96 valence electrons. The number of alkyl halides is 3. The van der Waals surface area contributed by atoms with Crippen molar-refractivity contribution in [2.75, 3.05) is 0 Å². The van der Waals surface area contributed by atoms with Crippen LogP contribution in [0.1, 0.15) is 22.0 Å². The number of rotatable bonds is 2. The number of carboxylic acid groups (broad SMARTS) is 1. The van der Waals surface area contributed by atoms with Crippen LogP contribution in [0.4, 0.5) is 13.2 Å². The van der Waals surface area contributed by atoms with Gasteiger partial charge < -0.3 is 9.94 Å². The Hall–Kier alpha value is -2.02. The third-order valence-electron chi connectivity index (χ3n) is 2.41. The lowest BCUT2D eigenvalue weighted by atomic mass is 10.1. The smallest absolute Gasteiger partial charge is 0.451 e. The Kier molecular flexibility index (Phi) is 3.00. The molecule has 1 unspecified atom stereocenters. The molecule has 0 aliphatic carbocycles. The fourth-order valence-corrected chi connectivity index (χ4v) is 1.50. The van der Waals surface area contributed by atoms with Crippen molar-refractivity contribution < 1.29 is 27.9 Å². The summed E-state index contributed by atoms with van der Waals surface area (Å²) in [6, 6.07) is 4.75. The molecule has 1 aromatic carbocycles. The van der Waals surface area contributed by atoms with E-state index < -0.39 is 23.9 Å². The fraction of sp³-hybridized carbons (Fsp3) is 0.182. The van der Waals surface area contributed by atoms with Crippen molar-refractivity contribution in [2.24, 2.45) is 0 Å². The van der Waals surface area contributed by atoms with Crippen molar-refractivity contribution in [3.63, 3.8) is 0 Å². The third kappa shape index (κ3) is 2.45. The fourth-order valence-electron chi connectivity index (χ4n) is 1.50. The Balaban J connectivity index is 2.19. The second kappa shape index (κ2) is 4.34. The minimum absolute atomic E-state index is 0.0673. The molecule has 1 aliphatic rings. The second-order valence-electron chi connectivity index (χ2n) is 3.65. The van der Waals surface area contributed by atoms with Gasteiger partial charge in [0, 0.05) is 0 Å². The summed E-state index contributed by atoms with van der Waals surface area (Å²) >= 11 is 0. The van der Waals surface area contributed by atoms with Crippen LogP contribution in [-0.2, 0) is 4.84 Å². The highest BCUT2D eigenvalue weighted by molar-refractivity contribution is 5.87. The number of nitrogens with one attached hydrogen (secondary N) is 1. The van der Waals surface area contributed by atoms with Crippen LogP contribution < -0.4 is 5.48 Å². The molecule has 0 fully saturated rings. The van der Waals surface area contributed by atoms with Crippen LogP contribution in [-0.4, -0.2) is 17.3 Å². The number of hydrogen-bond acceptors (Lipinski definition) is 3. The van der Waals surface area contributed by atoms with E-state index in [0.29, 0.717) is 5.56 Å². The Bertz CT molecular complexity index is 493. The topological polar surface area (TPSA) is 58.6 Å². The van der Waals surface area contributed by atoms with Crippen LogP contribution in [0, 0.1) is 0 Å². The van der Waals surface area contributed by atoms with Crippen LogP contribution in [0.15, 0.2) is 36.1 Å². The molecular formula is C11H8F3NO3. The maximum Gasteiger partial charge on any atom is 0.451 e. The molecule has 0 aromatic heterocycles. The molecule has 4 nitrogen and oxygen atoms in total. The predicted octanol–water partition coefficient (Wildman–Crippen LogP) is 2.41. The molecule has 0 saturated carbocycles. The average molecular weight is 259 g/mol. The van der Waals surface area contributed by atoms with E-state index in [1.165, 1.54) is 24.3 Å². The van der Waals surface area contributed by atoms with Gasteiger partial charge in [0.05, 0.1) is 11.6 Å². The van der Waals surface area contributed by atoms with E-state index in [1.807, 2.05) is 0 Å². The van der Waals surface area contributed by atoms with Crippen molar-refractivity contribution in [3.05, 3.63) is 47.2 Å². The van der Waals surface area contributed by atoms with E-state index in [0.717, 1.165) is 6.08 Å². The first-order valence-corrected chi connectivity index (χ1v) is 4.92. The number of aromatic carboxylic acids is 1. The highest BCUT2D eigenvalue weighted by atomic mass is 19.4. The Labute approximate surface area is 99.6 Å². The summed E-state index contributed by atoms with van der Waals surface area (Å²) in [5.74, 6) is -2.20. The third-order valence-corrected chi connectivity index (χ3v) is 2.41. The van der Waals surface area contributed by atoms with Gasteiger partial charge >= 0.3 is 12.1 Å². The van der Waals surface area contributed by atoms with Crippen LogP contribution in [0.2, 0.25) is 0 Å². The Morgan fingerprint density at radius 3 is 2.33 bits per heavy atom. The lowest BCUT2D eigenvalue weighted by molar-refractivity contribution is -0.137. The van der Waals surface area contributed by atoms with Gasteiger partial charge in [-0.3, -0.25) is 0 Å². The first-order valence-electron chi connectivity index (χ1n) is 4.92. The van der Waals surface area contributed by atoms with Crippen LogP contribution >= 0.6 is 0 Å². The van der Waals surface area contributed by atoms with Gasteiger partial charge in [0.15, 0.2) is 0 Å². The van der Waals surface area contributed by atoms with Crippen molar-refractivity contribution >= 4 is 5.97 Å². The van der Waals surface area contributed by atoms with Crippen LogP contribution in [0.3, 0.4) is 0 Å². The van der Waals surface area contributed by atoms with Gasteiger partial charge in [-0.25, -0.2) is 4.79 Å². The maximum atomic E-state index is 12.3. The number of halogens is 3. The Morgan fingerprint density at radius 2 is 1.89 bits per heavy atom. The van der Waals surface area contributed by atoms with Gasteiger partial charge in [-0.1, -0.05) is 12.1 Å². The lowest BCUT2D eigenvalue weighted by Crippen LogP contribution is -2.17. The van der Waals surface area contributed by atoms with Crippen molar-refractivity contribution in [3.8, 4) is 0 Å². The SMILES string of the molecule is O=C(O)c1ccc(C2C=C(C(F)(F)F)ON2)cc1. The Morgan fingerprint density at radius 1 is 1.28 bits per heavy atom. The van der Waals surface area contributed by atoms with E-state index >= 15 is 0 Å². The van der Waals surface area contributed by atoms with Crippen LogP contribution in [0.25, 0.3) is 0 Å². The van der Waals surface area contributed by atoms with E-state index in [-0.39, 0.29) is 5.56 Å².